The highest BCUT2D eigenvalue weighted by molar-refractivity contribution is 5.92. The standard InChI is InChI=1S/C17H24O2.C3H8O3/c1-3-5-9-14(4-2)12-16(17(18)19)13-15-10-7-6-8-11-15;4-1-3(6)2-5/h6-8,10-11,13-14H,3-5,9,12H2,1-2H3,(H,18,19);3-6H,1-2H2. The fourth-order valence-electron chi connectivity index (χ4n) is 2.27. The van der Waals surface area contributed by atoms with Gasteiger partial charge in [-0.2, -0.15) is 0 Å². The van der Waals surface area contributed by atoms with Gasteiger partial charge >= 0.3 is 5.97 Å². The Morgan fingerprint density at radius 1 is 1.12 bits per heavy atom. The van der Waals surface area contributed by atoms with E-state index >= 15 is 0 Å². The van der Waals surface area contributed by atoms with E-state index < -0.39 is 12.1 Å². The summed E-state index contributed by atoms with van der Waals surface area (Å²) < 4.78 is 0. The number of carboxylic acid groups (broad SMARTS) is 1. The Hall–Kier alpha value is -1.69. The molecule has 0 saturated heterocycles. The lowest BCUT2D eigenvalue weighted by molar-refractivity contribution is -0.132. The van der Waals surface area contributed by atoms with E-state index in [0.717, 1.165) is 18.4 Å². The predicted octanol–water partition coefficient (Wildman–Crippen LogP) is 3.09. The Kier molecular flexibility index (Phi) is 13.6. The molecule has 0 radical (unpaired) electrons. The summed E-state index contributed by atoms with van der Waals surface area (Å²) in [6.07, 6.45) is 6.02. The van der Waals surface area contributed by atoms with Crippen LogP contribution in [0.4, 0.5) is 0 Å². The van der Waals surface area contributed by atoms with Crippen LogP contribution in [-0.4, -0.2) is 45.7 Å². The quantitative estimate of drug-likeness (QED) is 0.485. The van der Waals surface area contributed by atoms with Gasteiger partial charge in [0, 0.05) is 5.57 Å². The normalized spacial score (nSPS) is 12.5. The minimum atomic E-state index is -0.954. The number of carboxylic acids is 1. The van der Waals surface area contributed by atoms with Crippen LogP contribution in [0.25, 0.3) is 6.08 Å². The number of rotatable bonds is 10. The lowest BCUT2D eigenvalue weighted by Gasteiger charge is -2.14. The zero-order valence-electron chi connectivity index (χ0n) is 15.3. The maximum absolute atomic E-state index is 11.4. The molecule has 1 aromatic rings. The Labute approximate surface area is 150 Å². The molecule has 5 nitrogen and oxygen atoms in total. The molecule has 1 aromatic carbocycles. The zero-order chi connectivity index (χ0) is 19.1. The van der Waals surface area contributed by atoms with Crippen LogP contribution in [-0.2, 0) is 4.79 Å². The Morgan fingerprint density at radius 2 is 1.72 bits per heavy atom. The Bertz CT molecular complexity index is 480. The molecule has 0 saturated carbocycles. The van der Waals surface area contributed by atoms with Crippen LogP contribution in [0.1, 0.15) is 51.5 Å². The highest BCUT2D eigenvalue weighted by Gasteiger charge is 2.14. The second kappa shape index (κ2) is 14.6. The first-order chi connectivity index (χ1) is 12.0. The van der Waals surface area contributed by atoms with Gasteiger partial charge < -0.3 is 20.4 Å². The number of hydrogen-bond donors (Lipinski definition) is 4. The van der Waals surface area contributed by atoms with Crippen molar-refractivity contribution >= 4 is 12.0 Å². The smallest absolute Gasteiger partial charge is 0.331 e. The van der Waals surface area contributed by atoms with Crippen molar-refractivity contribution in [2.24, 2.45) is 5.92 Å². The predicted molar refractivity (Wildman–Crippen MR) is 100 cm³/mol. The molecule has 4 N–H and O–H groups in total. The molecule has 0 heterocycles. The van der Waals surface area contributed by atoms with E-state index in [-0.39, 0.29) is 13.2 Å². The lowest BCUT2D eigenvalue weighted by Crippen LogP contribution is -2.15. The minimum Gasteiger partial charge on any atom is -0.478 e. The molecule has 0 aliphatic carbocycles. The van der Waals surface area contributed by atoms with Gasteiger partial charge in [-0.3, -0.25) is 0 Å². The molecule has 0 fully saturated rings. The third kappa shape index (κ3) is 11.5. The number of aliphatic hydroxyl groups is 3. The van der Waals surface area contributed by atoms with Crippen molar-refractivity contribution in [3.63, 3.8) is 0 Å². The van der Waals surface area contributed by atoms with Crippen molar-refractivity contribution in [3.8, 4) is 0 Å². The molecule has 0 amide bonds. The van der Waals surface area contributed by atoms with Gasteiger partial charge in [-0.05, 0) is 24.0 Å². The number of aliphatic carboxylic acids is 1. The minimum absolute atomic E-state index is 0.365. The van der Waals surface area contributed by atoms with Crippen LogP contribution in [0, 0.1) is 5.92 Å². The average molecular weight is 352 g/mol. The van der Waals surface area contributed by atoms with Crippen LogP contribution in [0.15, 0.2) is 35.9 Å². The molecule has 0 aliphatic rings. The fourth-order valence-corrected chi connectivity index (χ4v) is 2.27. The fraction of sp³-hybridized carbons (Fsp3) is 0.550. The van der Waals surface area contributed by atoms with E-state index in [0.29, 0.717) is 17.9 Å². The maximum Gasteiger partial charge on any atom is 0.331 e. The van der Waals surface area contributed by atoms with Gasteiger partial charge in [0.1, 0.15) is 6.10 Å². The van der Waals surface area contributed by atoms with Gasteiger partial charge in [0.25, 0.3) is 0 Å². The number of unbranched alkanes of at least 4 members (excludes halogenated alkanes) is 1. The van der Waals surface area contributed by atoms with E-state index in [9.17, 15) is 9.90 Å². The molecule has 0 bridgehead atoms. The van der Waals surface area contributed by atoms with Gasteiger partial charge in [0.15, 0.2) is 0 Å². The lowest BCUT2D eigenvalue weighted by atomic mass is 9.91. The summed E-state index contributed by atoms with van der Waals surface area (Å²) in [5.41, 5.74) is 1.49. The molecule has 1 atom stereocenters. The monoisotopic (exact) mass is 352 g/mol. The molecule has 142 valence electrons. The molecular weight excluding hydrogens is 320 g/mol. The number of hydrogen-bond acceptors (Lipinski definition) is 4. The van der Waals surface area contributed by atoms with Gasteiger partial charge in [0.05, 0.1) is 13.2 Å². The summed E-state index contributed by atoms with van der Waals surface area (Å²) in [5.74, 6) is -0.315. The van der Waals surface area contributed by atoms with Gasteiger partial charge in [0.2, 0.25) is 0 Å². The van der Waals surface area contributed by atoms with Crippen LogP contribution < -0.4 is 0 Å². The topological polar surface area (TPSA) is 98.0 Å². The van der Waals surface area contributed by atoms with Crippen LogP contribution in [0.5, 0.6) is 0 Å². The Morgan fingerprint density at radius 3 is 2.12 bits per heavy atom. The van der Waals surface area contributed by atoms with Crippen molar-refractivity contribution in [3.05, 3.63) is 41.5 Å². The summed E-state index contributed by atoms with van der Waals surface area (Å²) >= 11 is 0. The first-order valence-electron chi connectivity index (χ1n) is 8.87. The highest BCUT2D eigenvalue weighted by atomic mass is 16.4. The molecular formula is C20H32O5. The van der Waals surface area contributed by atoms with Gasteiger partial charge in [-0.1, -0.05) is 69.9 Å². The number of aliphatic hydroxyl groups excluding tert-OH is 3. The highest BCUT2D eigenvalue weighted by Crippen LogP contribution is 2.23. The van der Waals surface area contributed by atoms with E-state index in [1.165, 1.54) is 12.8 Å². The van der Waals surface area contributed by atoms with Crippen LogP contribution >= 0.6 is 0 Å². The second-order valence-electron chi connectivity index (χ2n) is 6.03. The molecule has 0 aromatic heterocycles. The van der Waals surface area contributed by atoms with Crippen LogP contribution in [0.2, 0.25) is 0 Å². The summed E-state index contributed by atoms with van der Waals surface area (Å²) in [6, 6.07) is 9.68. The number of benzene rings is 1. The first kappa shape index (κ1) is 23.3. The third-order valence-electron chi connectivity index (χ3n) is 3.89. The average Bonchev–Trinajstić information content (AvgIpc) is 2.64. The van der Waals surface area contributed by atoms with E-state index in [1.807, 2.05) is 30.3 Å². The molecule has 25 heavy (non-hydrogen) atoms. The van der Waals surface area contributed by atoms with E-state index in [4.69, 9.17) is 15.3 Å². The Balaban J connectivity index is 0.000000823. The second-order valence-corrected chi connectivity index (χ2v) is 6.03. The third-order valence-corrected chi connectivity index (χ3v) is 3.89. The summed E-state index contributed by atoms with van der Waals surface area (Å²) in [6.45, 7) is 3.58. The van der Waals surface area contributed by atoms with Gasteiger partial charge in [-0.25, -0.2) is 4.79 Å². The molecule has 1 rings (SSSR count). The first-order valence-corrected chi connectivity index (χ1v) is 8.87. The summed E-state index contributed by atoms with van der Waals surface area (Å²) in [5, 5.41) is 33.4. The van der Waals surface area contributed by atoms with Gasteiger partial charge in [-0.15, -0.1) is 0 Å². The van der Waals surface area contributed by atoms with E-state index in [2.05, 4.69) is 13.8 Å². The van der Waals surface area contributed by atoms with Crippen LogP contribution in [0.3, 0.4) is 0 Å². The molecule has 1 unspecified atom stereocenters. The zero-order valence-corrected chi connectivity index (χ0v) is 15.3. The SMILES string of the molecule is CCCCC(CC)CC(=Cc1ccccc1)C(=O)O.OCC(O)CO. The molecule has 0 aliphatic heterocycles. The van der Waals surface area contributed by atoms with Crippen molar-refractivity contribution in [2.75, 3.05) is 13.2 Å². The summed E-state index contributed by atoms with van der Waals surface area (Å²) in [4.78, 5) is 11.4. The van der Waals surface area contributed by atoms with Crippen molar-refractivity contribution in [1.29, 1.82) is 0 Å². The van der Waals surface area contributed by atoms with Crippen molar-refractivity contribution in [1.82, 2.24) is 0 Å². The largest absolute Gasteiger partial charge is 0.478 e. The maximum atomic E-state index is 11.4. The number of carbonyl (C=O) groups is 1. The summed E-state index contributed by atoms with van der Waals surface area (Å²) in [7, 11) is 0. The van der Waals surface area contributed by atoms with E-state index in [1.54, 1.807) is 6.08 Å². The van der Waals surface area contributed by atoms with Crippen molar-refractivity contribution < 1.29 is 25.2 Å². The van der Waals surface area contributed by atoms with Crippen molar-refractivity contribution in [2.45, 2.75) is 52.1 Å². The molecule has 0 spiro atoms. The molecule has 5 heteroatoms.